The molecule has 236 valence electrons. The third-order valence-corrected chi connectivity index (χ3v) is 11.5. The summed E-state index contributed by atoms with van der Waals surface area (Å²) in [4.78, 5) is 19.9. The SMILES string of the molecule is CCOC(=O)CC(c1ccc(C)c(CN2C[C@H]3CCCN3c3ncccc3S2(=O)=O)c1)c1ccc2c(nnn2CC2CC2)c1C. The number of aromatic nitrogens is 4. The number of anilines is 1. The number of hydrogen-bond donors (Lipinski definition) is 0. The van der Waals surface area contributed by atoms with Gasteiger partial charge in [-0.05, 0) is 98.4 Å². The fraction of sp³-hybridized carbons (Fsp3) is 0.471. The van der Waals surface area contributed by atoms with Gasteiger partial charge in [-0.1, -0.05) is 29.5 Å². The number of nitrogens with zero attached hydrogens (tertiary/aromatic N) is 6. The number of pyridine rings is 1. The van der Waals surface area contributed by atoms with E-state index in [-0.39, 0.29) is 35.8 Å². The lowest BCUT2D eigenvalue weighted by molar-refractivity contribution is -0.143. The number of rotatable bonds is 9. The summed E-state index contributed by atoms with van der Waals surface area (Å²) in [5.74, 6) is 0.661. The zero-order valence-electron chi connectivity index (χ0n) is 26.1. The number of ether oxygens (including phenoxy) is 1. The van der Waals surface area contributed by atoms with Gasteiger partial charge >= 0.3 is 5.97 Å². The normalized spacial score (nSPS) is 20.1. The Kier molecular flexibility index (Phi) is 7.85. The van der Waals surface area contributed by atoms with Gasteiger partial charge in [-0.25, -0.2) is 18.1 Å². The maximum Gasteiger partial charge on any atom is 0.306 e. The van der Waals surface area contributed by atoms with Crippen molar-refractivity contribution in [2.75, 3.05) is 24.6 Å². The van der Waals surface area contributed by atoms with Crippen LogP contribution in [0.1, 0.15) is 72.8 Å². The lowest BCUT2D eigenvalue weighted by atomic mass is 9.84. The molecule has 2 aromatic carbocycles. The van der Waals surface area contributed by atoms with Crippen molar-refractivity contribution < 1.29 is 17.9 Å². The standard InChI is InChI=1S/C34H40N6O4S/c1-4-44-32(41)18-29(28-13-14-30-33(23(28)3)36-37-40(30)19-24-10-11-24)25-12-9-22(2)26(17-25)20-38-21-27-7-6-16-39(27)34-31(45(38,42)43)8-5-15-35-34/h5,8-9,12-15,17,24,27,29H,4,6-7,10-11,16,18-21H2,1-3H3/t27-,29?/m1/s1. The predicted octanol–water partition coefficient (Wildman–Crippen LogP) is 5.11. The van der Waals surface area contributed by atoms with Crippen LogP contribution >= 0.6 is 0 Å². The van der Waals surface area contributed by atoms with E-state index in [1.807, 2.05) is 37.6 Å². The fourth-order valence-corrected chi connectivity index (χ4v) is 8.63. The average Bonchev–Trinajstić information content (AvgIpc) is 3.58. The Labute approximate surface area is 264 Å². The fourth-order valence-electron chi connectivity index (χ4n) is 7.03. The van der Waals surface area contributed by atoms with Crippen LogP contribution in [0.15, 0.2) is 53.6 Å². The summed E-state index contributed by atoms with van der Waals surface area (Å²) >= 11 is 0. The first-order valence-corrected chi connectivity index (χ1v) is 17.5. The smallest absolute Gasteiger partial charge is 0.306 e. The van der Waals surface area contributed by atoms with E-state index < -0.39 is 10.0 Å². The molecule has 0 radical (unpaired) electrons. The number of benzene rings is 2. The highest BCUT2D eigenvalue weighted by Crippen LogP contribution is 2.38. The maximum atomic E-state index is 14.1. The second-order valence-corrected chi connectivity index (χ2v) is 14.6. The van der Waals surface area contributed by atoms with Crippen LogP contribution in [0.5, 0.6) is 0 Å². The molecule has 0 bridgehead atoms. The summed E-state index contributed by atoms with van der Waals surface area (Å²) in [7, 11) is -3.78. The third-order valence-electron chi connectivity index (χ3n) is 9.72. The van der Waals surface area contributed by atoms with Gasteiger partial charge in [0.15, 0.2) is 0 Å². The molecule has 2 atom stereocenters. The first kappa shape index (κ1) is 29.9. The summed E-state index contributed by atoms with van der Waals surface area (Å²) < 4.78 is 37.1. The van der Waals surface area contributed by atoms with Gasteiger partial charge in [0.1, 0.15) is 16.2 Å². The lowest BCUT2D eigenvalue weighted by Gasteiger charge is -2.26. The molecule has 1 aliphatic carbocycles. The molecular formula is C34H40N6O4S. The number of carbonyl (C=O) groups is 1. The molecule has 1 saturated heterocycles. The van der Waals surface area contributed by atoms with Crippen molar-refractivity contribution in [3.63, 3.8) is 0 Å². The molecule has 4 aromatic rings. The van der Waals surface area contributed by atoms with Crippen LogP contribution in [-0.2, 0) is 32.6 Å². The van der Waals surface area contributed by atoms with Crippen molar-refractivity contribution in [1.29, 1.82) is 0 Å². The highest BCUT2D eigenvalue weighted by molar-refractivity contribution is 7.89. The summed E-state index contributed by atoms with van der Waals surface area (Å²) in [6.45, 7) is 8.50. The Morgan fingerprint density at radius 2 is 1.96 bits per heavy atom. The predicted molar refractivity (Wildman–Crippen MR) is 171 cm³/mol. The average molecular weight is 629 g/mol. The number of fused-ring (bicyclic) bond motifs is 4. The molecule has 2 aromatic heterocycles. The number of hydrogen-bond acceptors (Lipinski definition) is 8. The van der Waals surface area contributed by atoms with E-state index >= 15 is 0 Å². The number of sulfonamides is 1. The van der Waals surface area contributed by atoms with E-state index in [1.165, 1.54) is 12.8 Å². The van der Waals surface area contributed by atoms with Crippen molar-refractivity contribution in [2.24, 2.45) is 5.92 Å². The minimum atomic E-state index is -3.78. The quantitative estimate of drug-likeness (QED) is 0.235. The second kappa shape index (κ2) is 11.8. The van der Waals surface area contributed by atoms with Gasteiger partial charge in [0.25, 0.3) is 0 Å². The summed E-state index contributed by atoms with van der Waals surface area (Å²) in [6.07, 6.45) is 6.24. The molecule has 11 heteroatoms. The number of aryl methyl sites for hydroxylation is 2. The van der Waals surface area contributed by atoms with Gasteiger partial charge < -0.3 is 9.64 Å². The first-order chi connectivity index (χ1) is 21.7. The zero-order chi connectivity index (χ0) is 31.3. The Bertz CT molecular complexity index is 1870. The second-order valence-electron chi connectivity index (χ2n) is 12.7. The van der Waals surface area contributed by atoms with Crippen LogP contribution in [0.3, 0.4) is 0 Å². The van der Waals surface area contributed by atoms with Crippen LogP contribution in [0.2, 0.25) is 0 Å². The Balaban J connectivity index is 1.26. The van der Waals surface area contributed by atoms with E-state index in [1.54, 1.807) is 22.6 Å². The molecule has 45 heavy (non-hydrogen) atoms. The topological polar surface area (TPSA) is 111 Å². The van der Waals surface area contributed by atoms with Crippen molar-refractivity contribution in [3.8, 4) is 0 Å². The largest absolute Gasteiger partial charge is 0.466 e. The first-order valence-electron chi connectivity index (χ1n) is 16.0. The molecule has 2 aliphatic heterocycles. The molecule has 3 aliphatic rings. The molecule has 1 unspecified atom stereocenters. The van der Waals surface area contributed by atoms with Crippen LogP contribution in [0.4, 0.5) is 5.82 Å². The summed E-state index contributed by atoms with van der Waals surface area (Å²) in [6, 6.07) is 13.8. The summed E-state index contributed by atoms with van der Waals surface area (Å²) in [5.41, 5.74) is 6.68. The van der Waals surface area contributed by atoms with Gasteiger partial charge in [-0.2, -0.15) is 4.31 Å². The number of esters is 1. The van der Waals surface area contributed by atoms with Crippen molar-refractivity contribution >= 4 is 32.8 Å². The van der Waals surface area contributed by atoms with Crippen LogP contribution in [-0.4, -0.2) is 64.4 Å². The third kappa shape index (κ3) is 5.61. The Morgan fingerprint density at radius 3 is 2.76 bits per heavy atom. The maximum absolute atomic E-state index is 14.1. The molecule has 7 rings (SSSR count). The van der Waals surface area contributed by atoms with Gasteiger partial charge in [0.2, 0.25) is 10.0 Å². The minimum absolute atomic E-state index is 0.0821. The molecule has 2 fully saturated rings. The Hall–Kier alpha value is -3.83. The van der Waals surface area contributed by atoms with Crippen LogP contribution < -0.4 is 4.90 Å². The molecule has 10 nitrogen and oxygen atoms in total. The van der Waals surface area contributed by atoms with Crippen molar-refractivity contribution in [2.45, 2.75) is 82.8 Å². The molecule has 0 N–H and O–H groups in total. The van der Waals surface area contributed by atoms with E-state index in [9.17, 15) is 13.2 Å². The molecule has 1 saturated carbocycles. The number of carbonyl (C=O) groups excluding carboxylic acids is 1. The highest BCUT2D eigenvalue weighted by atomic mass is 32.2. The Morgan fingerprint density at radius 1 is 1.11 bits per heavy atom. The summed E-state index contributed by atoms with van der Waals surface area (Å²) in [5, 5.41) is 9.00. The van der Waals surface area contributed by atoms with Crippen LogP contribution in [0, 0.1) is 19.8 Å². The zero-order valence-corrected chi connectivity index (χ0v) is 27.0. The molecule has 0 amide bonds. The molecule has 4 heterocycles. The highest BCUT2D eigenvalue weighted by Gasteiger charge is 2.40. The molecular weight excluding hydrogens is 588 g/mol. The van der Waals surface area contributed by atoms with E-state index in [0.717, 1.165) is 64.8 Å². The van der Waals surface area contributed by atoms with Gasteiger partial charge in [-0.15, -0.1) is 5.10 Å². The van der Waals surface area contributed by atoms with E-state index in [0.29, 0.717) is 24.9 Å². The van der Waals surface area contributed by atoms with Gasteiger partial charge in [0, 0.05) is 44.3 Å². The van der Waals surface area contributed by atoms with E-state index in [2.05, 4.69) is 38.4 Å². The van der Waals surface area contributed by atoms with Gasteiger partial charge in [0.05, 0.1) is 18.5 Å². The molecule has 0 spiro atoms. The minimum Gasteiger partial charge on any atom is -0.466 e. The van der Waals surface area contributed by atoms with Gasteiger partial charge in [-0.3, -0.25) is 4.79 Å². The van der Waals surface area contributed by atoms with Crippen molar-refractivity contribution in [3.05, 3.63) is 76.5 Å². The van der Waals surface area contributed by atoms with Crippen LogP contribution in [0.25, 0.3) is 11.0 Å². The van der Waals surface area contributed by atoms with Crippen molar-refractivity contribution in [1.82, 2.24) is 24.3 Å². The monoisotopic (exact) mass is 628 g/mol. The lowest BCUT2D eigenvalue weighted by Crippen LogP contribution is -2.39. The van der Waals surface area contributed by atoms with E-state index in [4.69, 9.17) is 4.74 Å².